The number of carbonyl (C=O) groups excluding carboxylic acids is 4. The third-order valence-electron chi connectivity index (χ3n) is 7.37. The van der Waals surface area contributed by atoms with E-state index >= 15 is 0 Å². The number of ether oxygens (including phenoxy) is 1. The fourth-order valence-electron chi connectivity index (χ4n) is 6.01. The van der Waals surface area contributed by atoms with Crippen molar-refractivity contribution in [3.8, 4) is 0 Å². The lowest BCUT2D eigenvalue weighted by atomic mass is 9.77. The van der Waals surface area contributed by atoms with Crippen LogP contribution in [0.25, 0.3) is 0 Å². The number of rotatable bonds is 2. The first kappa shape index (κ1) is 18.6. The molecule has 0 N–H and O–H groups in total. The summed E-state index contributed by atoms with van der Waals surface area (Å²) in [6.45, 7) is 0. The molecule has 1 spiro atoms. The number of likely N-dealkylation sites (tertiary alicyclic amines) is 1. The predicted molar refractivity (Wildman–Crippen MR) is 109 cm³/mol. The zero-order valence-corrected chi connectivity index (χ0v) is 16.8. The molecule has 0 bridgehead atoms. The van der Waals surface area contributed by atoms with Gasteiger partial charge in [-0.25, -0.2) is 0 Å². The quantitative estimate of drug-likeness (QED) is 0.556. The number of benzene rings is 2. The normalized spacial score (nSPS) is 29.3. The predicted octanol–water partition coefficient (Wildman–Crippen LogP) is 3.12. The standard InChI is InChI=1S/C25H21NO5/c27-21-16-12-6-7-13-17(16)22(28)25(21)19-18(20(31-25)14-8-2-1-3-9-14)23(29)26(24(19)30)15-10-4-5-11-15/h1-3,6-9,12-13,15,18-20H,4-5,10-11H2/t18-,19-,20+/m1/s1. The Hall–Kier alpha value is -3.12. The van der Waals surface area contributed by atoms with Crippen molar-refractivity contribution < 1.29 is 23.9 Å². The van der Waals surface area contributed by atoms with E-state index in [4.69, 9.17) is 4.74 Å². The number of Topliss-reactive ketones (excluding diaryl/α,β-unsaturated/α-hetero) is 2. The fraction of sp³-hybridized carbons (Fsp3) is 0.360. The average Bonchev–Trinajstić information content (AvgIpc) is 3.54. The molecule has 6 nitrogen and oxygen atoms in total. The number of carbonyl (C=O) groups is 4. The summed E-state index contributed by atoms with van der Waals surface area (Å²) in [4.78, 5) is 55.8. The number of hydrogen-bond acceptors (Lipinski definition) is 5. The summed E-state index contributed by atoms with van der Waals surface area (Å²) < 4.78 is 6.25. The lowest BCUT2D eigenvalue weighted by Crippen LogP contribution is -2.51. The highest BCUT2D eigenvalue weighted by Gasteiger charge is 2.75. The second-order valence-corrected chi connectivity index (χ2v) is 8.88. The maximum absolute atomic E-state index is 13.7. The Morgan fingerprint density at radius 2 is 1.35 bits per heavy atom. The van der Waals surface area contributed by atoms with Gasteiger partial charge in [-0.15, -0.1) is 0 Å². The molecule has 31 heavy (non-hydrogen) atoms. The van der Waals surface area contributed by atoms with Gasteiger partial charge in [0.25, 0.3) is 0 Å². The number of amides is 2. The molecule has 1 saturated carbocycles. The lowest BCUT2D eigenvalue weighted by molar-refractivity contribution is -0.147. The Bertz CT molecular complexity index is 1100. The van der Waals surface area contributed by atoms with Gasteiger partial charge in [-0.2, -0.15) is 0 Å². The molecule has 3 atom stereocenters. The van der Waals surface area contributed by atoms with Crippen LogP contribution in [0.15, 0.2) is 54.6 Å². The fourth-order valence-corrected chi connectivity index (χ4v) is 6.01. The summed E-state index contributed by atoms with van der Waals surface area (Å²) in [5.41, 5.74) is -0.742. The minimum Gasteiger partial charge on any atom is -0.349 e. The molecular weight excluding hydrogens is 394 g/mol. The molecular formula is C25H21NO5. The summed E-state index contributed by atoms with van der Waals surface area (Å²) in [7, 11) is 0. The van der Waals surface area contributed by atoms with Crippen LogP contribution in [0.4, 0.5) is 0 Å². The van der Waals surface area contributed by atoms with Crippen molar-refractivity contribution >= 4 is 23.4 Å². The molecule has 156 valence electrons. The molecule has 3 fully saturated rings. The van der Waals surface area contributed by atoms with Crippen LogP contribution in [0.1, 0.15) is 58.1 Å². The van der Waals surface area contributed by atoms with E-state index in [1.165, 1.54) is 4.90 Å². The molecule has 2 amide bonds. The van der Waals surface area contributed by atoms with Gasteiger partial charge in [0, 0.05) is 17.2 Å². The van der Waals surface area contributed by atoms with Crippen molar-refractivity contribution in [3.05, 3.63) is 71.3 Å². The third kappa shape index (κ3) is 2.26. The summed E-state index contributed by atoms with van der Waals surface area (Å²) in [6, 6.07) is 15.5. The van der Waals surface area contributed by atoms with E-state index in [1.54, 1.807) is 24.3 Å². The highest BCUT2D eigenvalue weighted by atomic mass is 16.5. The van der Waals surface area contributed by atoms with E-state index in [0.29, 0.717) is 5.56 Å². The van der Waals surface area contributed by atoms with Gasteiger partial charge in [-0.1, -0.05) is 67.4 Å². The van der Waals surface area contributed by atoms with Gasteiger partial charge in [-0.05, 0) is 18.4 Å². The van der Waals surface area contributed by atoms with Crippen molar-refractivity contribution in [2.24, 2.45) is 11.8 Å². The first-order chi connectivity index (χ1) is 15.1. The first-order valence-electron chi connectivity index (χ1n) is 10.8. The van der Waals surface area contributed by atoms with Crippen LogP contribution in [-0.4, -0.2) is 39.9 Å². The van der Waals surface area contributed by atoms with Crippen molar-refractivity contribution in [3.63, 3.8) is 0 Å². The van der Waals surface area contributed by atoms with Gasteiger partial charge in [-0.3, -0.25) is 24.1 Å². The van der Waals surface area contributed by atoms with Crippen molar-refractivity contribution in [2.45, 2.75) is 43.4 Å². The topological polar surface area (TPSA) is 80.8 Å². The maximum atomic E-state index is 13.7. The van der Waals surface area contributed by atoms with E-state index in [-0.39, 0.29) is 23.1 Å². The molecule has 0 aromatic heterocycles. The first-order valence-corrected chi connectivity index (χ1v) is 10.8. The second kappa shape index (κ2) is 6.44. The van der Waals surface area contributed by atoms with Crippen molar-refractivity contribution in [1.29, 1.82) is 0 Å². The Kier molecular flexibility index (Phi) is 3.87. The van der Waals surface area contributed by atoms with E-state index in [0.717, 1.165) is 25.7 Å². The van der Waals surface area contributed by atoms with E-state index in [1.807, 2.05) is 30.3 Å². The molecule has 2 aliphatic carbocycles. The van der Waals surface area contributed by atoms with Gasteiger partial charge in [0.1, 0.15) is 0 Å². The molecule has 2 aromatic carbocycles. The molecule has 2 saturated heterocycles. The van der Waals surface area contributed by atoms with Crippen LogP contribution in [0.2, 0.25) is 0 Å². The van der Waals surface area contributed by atoms with E-state index in [9.17, 15) is 19.2 Å². The van der Waals surface area contributed by atoms with Crippen LogP contribution in [0.5, 0.6) is 0 Å². The maximum Gasteiger partial charge on any atom is 0.237 e. The zero-order valence-electron chi connectivity index (χ0n) is 16.8. The SMILES string of the molecule is O=C1[C@H]2[C@H](c3ccccc3)OC3(C(=O)c4ccccc4C3=O)[C@H]2C(=O)N1C1CCCC1. The Morgan fingerprint density at radius 3 is 1.97 bits per heavy atom. The summed E-state index contributed by atoms with van der Waals surface area (Å²) >= 11 is 0. The third-order valence-corrected chi connectivity index (χ3v) is 7.37. The highest BCUT2D eigenvalue weighted by Crippen LogP contribution is 2.57. The minimum atomic E-state index is -1.96. The summed E-state index contributed by atoms with van der Waals surface area (Å²) in [6.07, 6.45) is 2.64. The number of fused-ring (bicyclic) bond motifs is 3. The number of nitrogens with zero attached hydrogens (tertiary/aromatic N) is 1. The van der Waals surface area contributed by atoms with Crippen LogP contribution in [-0.2, 0) is 14.3 Å². The smallest absolute Gasteiger partial charge is 0.237 e. The molecule has 6 heteroatoms. The molecule has 0 radical (unpaired) electrons. The molecule has 2 aromatic rings. The van der Waals surface area contributed by atoms with E-state index in [2.05, 4.69) is 0 Å². The second-order valence-electron chi connectivity index (χ2n) is 8.88. The van der Waals surface area contributed by atoms with Gasteiger partial charge in [0.15, 0.2) is 0 Å². The van der Waals surface area contributed by atoms with Gasteiger partial charge in [0.2, 0.25) is 29.0 Å². The van der Waals surface area contributed by atoms with Gasteiger partial charge in [0.05, 0.1) is 17.9 Å². The summed E-state index contributed by atoms with van der Waals surface area (Å²) in [5, 5.41) is 0. The van der Waals surface area contributed by atoms with Gasteiger partial charge >= 0.3 is 0 Å². The minimum absolute atomic E-state index is 0.159. The number of ketones is 2. The lowest BCUT2D eigenvalue weighted by Gasteiger charge is -2.29. The molecule has 2 heterocycles. The largest absolute Gasteiger partial charge is 0.349 e. The van der Waals surface area contributed by atoms with Crippen LogP contribution in [0, 0.1) is 11.8 Å². The Labute approximate surface area is 179 Å². The molecule has 0 unspecified atom stereocenters. The van der Waals surface area contributed by atoms with Crippen molar-refractivity contribution in [1.82, 2.24) is 4.90 Å². The molecule has 4 aliphatic rings. The summed E-state index contributed by atoms with van der Waals surface area (Å²) in [5.74, 6) is -3.76. The molecule has 2 aliphatic heterocycles. The van der Waals surface area contributed by atoms with E-state index < -0.39 is 41.0 Å². The van der Waals surface area contributed by atoms with Crippen molar-refractivity contribution in [2.75, 3.05) is 0 Å². The Balaban J connectivity index is 1.53. The number of hydrogen-bond donors (Lipinski definition) is 0. The van der Waals surface area contributed by atoms with Crippen LogP contribution >= 0.6 is 0 Å². The highest BCUT2D eigenvalue weighted by molar-refractivity contribution is 6.35. The number of imide groups is 1. The van der Waals surface area contributed by atoms with Crippen LogP contribution in [0.3, 0.4) is 0 Å². The van der Waals surface area contributed by atoms with Crippen LogP contribution < -0.4 is 0 Å². The zero-order chi connectivity index (χ0) is 21.3. The average molecular weight is 415 g/mol. The van der Waals surface area contributed by atoms with Gasteiger partial charge < -0.3 is 4.74 Å². The Morgan fingerprint density at radius 1 is 0.774 bits per heavy atom. The monoisotopic (exact) mass is 415 g/mol. The molecule has 6 rings (SSSR count).